The third kappa shape index (κ3) is 9.65. The normalized spacial score (nSPS) is 15.4. The van der Waals surface area contributed by atoms with Gasteiger partial charge in [-0.2, -0.15) is 12.7 Å². The highest BCUT2D eigenvalue weighted by Gasteiger charge is 2.35. The standard InChI is InChI=1S/C24H35N5O7S2.2ClH/c1-18-7-6-8-20(17-18)35-23(13-16-34-27-24(25)26)36-38(32,33)22-10-5-4-9-21(22)37(30,31)29(3)19-11-14-28(2)15-12-19;;/h4-10,17,19,23H,11-16H2,1-3H3,(H4,25,26,27);2*1H. The van der Waals surface area contributed by atoms with E-state index in [0.717, 1.165) is 18.7 Å². The van der Waals surface area contributed by atoms with E-state index in [-0.39, 0.29) is 54.7 Å². The first-order chi connectivity index (χ1) is 17.9. The number of rotatable bonds is 12. The maximum atomic E-state index is 13.6. The van der Waals surface area contributed by atoms with Crippen LogP contribution in [0.2, 0.25) is 0 Å². The minimum Gasteiger partial charge on any atom is -0.464 e. The van der Waals surface area contributed by atoms with Crippen LogP contribution in [0.15, 0.2) is 63.5 Å². The first kappa shape index (κ1) is 35.7. The van der Waals surface area contributed by atoms with E-state index in [0.29, 0.717) is 18.6 Å². The van der Waals surface area contributed by atoms with Crippen LogP contribution in [0, 0.1) is 6.92 Å². The van der Waals surface area contributed by atoms with E-state index in [2.05, 4.69) is 10.1 Å². The van der Waals surface area contributed by atoms with Gasteiger partial charge in [-0.05, 0) is 74.9 Å². The predicted molar refractivity (Wildman–Crippen MR) is 157 cm³/mol. The van der Waals surface area contributed by atoms with Crippen LogP contribution in [0.25, 0.3) is 0 Å². The van der Waals surface area contributed by atoms with Crippen molar-refractivity contribution in [3.63, 3.8) is 0 Å². The molecule has 2 aromatic carbocycles. The van der Waals surface area contributed by atoms with Gasteiger partial charge < -0.3 is 25.9 Å². The van der Waals surface area contributed by atoms with Gasteiger partial charge in [0.05, 0.1) is 0 Å². The Kier molecular flexibility index (Phi) is 13.9. The molecule has 0 aliphatic carbocycles. The molecule has 16 heteroatoms. The summed E-state index contributed by atoms with van der Waals surface area (Å²) in [6.07, 6.45) is -0.174. The average Bonchev–Trinajstić information content (AvgIpc) is 2.86. The Morgan fingerprint density at radius 2 is 1.68 bits per heavy atom. The first-order valence-electron chi connectivity index (χ1n) is 12.0. The van der Waals surface area contributed by atoms with Crippen LogP contribution in [0.1, 0.15) is 24.8 Å². The van der Waals surface area contributed by atoms with Crippen molar-refractivity contribution < 1.29 is 30.6 Å². The van der Waals surface area contributed by atoms with Crippen molar-refractivity contribution in [2.75, 3.05) is 33.8 Å². The summed E-state index contributed by atoms with van der Waals surface area (Å²) in [5, 5.41) is 3.41. The number of piperidine rings is 1. The molecule has 1 aliphatic rings. The number of aryl methyl sites for hydroxylation is 1. The third-order valence-electron chi connectivity index (χ3n) is 6.08. The Morgan fingerprint density at radius 1 is 1.05 bits per heavy atom. The molecule has 4 N–H and O–H groups in total. The summed E-state index contributed by atoms with van der Waals surface area (Å²) in [5.41, 5.74) is 11.4. The predicted octanol–water partition coefficient (Wildman–Crippen LogP) is 2.26. The van der Waals surface area contributed by atoms with Gasteiger partial charge >= 0.3 is 10.1 Å². The Bertz CT molecular complexity index is 1330. The number of nitrogens with zero attached hydrogens (tertiary/aromatic N) is 3. The first-order valence-corrected chi connectivity index (χ1v) is 14.9. The van der Waals surface area contributed by atoms with Crippen LogP contribution < -0.4 is 16.2 Å². The molecule has 1 fully saturated rings. The van der Waals surface area contributed by atoms with Crippen LogP contribution in [0.4, 0.5) is 0 Å². The lowest BCUT2D eigenvalue weighted by molar-refractivity contribution is -0.0173. The van der Waals surface area contributed by atoms with E-state index in [1.54, 1.807) is 18.2 Å². The molecule has 0 amide bonds. The topological polar surface area (TPSA) is 167 Å². The number of halogens is 2. The Hall–Kier alpha value is -2.33. The second kappa shape index (κ2) is 15.6. The zero-order chi connectivity index (χ0) is 27.9. The van der Waals surface area contributed by atoms with Gasteiger partial charge in [-0.15, -0.1) is 24.8 Å². The van der Waals surface area contributed by atoms with E-state index in [1.807, 2.05) is 20.0 Å². The molecule has 1 saturated heterocycles. The Morgan fingerprint density at radius 3 is 2.27 bits per heavy atom. The molecule has 1 atom stereocenters. The molecule has 1 heterocycles. The lowest BCUT2D eigenvalue weighted by atomic mass is 10.1. The van der Waals surface area contributed by atoms with Crippen LogP contribution in [-0.4, -0.2) is 78.1 Å². The molecule has 12 nitrogen and oxygen atoms in total. The van der Waals surface area contributed by atoms with Gasteiger partial charge in [-0.1, -0.05) is 24.3 Å². The molecular formula is C24H37Cl2N5O7S2. The maximum Gasteiger partial charge on any atom is 0.301 e. The fourth-order valence-electron chi connectivity index (χ4n) is 4.01. The van der Waals surface area contributed by atoms with Crippen molar-refractivity contribution in [1.29, 1.82) is 0 Å². The van der Waals surface area contributed by atoms with Crippen molar-refractivity contribution in [2.45, 2.75) is 48.3 Å². The minimum absolute atomic E-state index is 0. The smallest absolute Gasteiger partial charge is 0.301 e. The van der Waals surface area contributed by atoms with E-state index >= 15 is 0 Å². The van der Waals surface area contributed by atoms with Crippen molar-refractivity contribution in [1.82, 2.24) is 9.21 Å². The molecule has 2 aromatic rings. The number of benzene rings is 2. The average molecular weight is 643 g/mol. The van der Waals surface area contributed by atoms with Gasteiger partial charge in [0.1, 0.15) is 22.1 Å². The van der Waals surface area contributed by atoms with Gasteiger partial charge in [0.2, 0.25) is 22.3 Å². The van der Waals surface area contributed by atoms with Crippen molar-refractivity contribution in [2.24, 2.45) is 16.6 Å². The highest BCUT2D eigenvalue weighted by molar-refractivity contribution is 7.91. The Labute approximate surface area is 248 Å². The molecule has 0 saturated carbocycles. The summed E-state index contributed by atoms with van der Waals surface area (Å²) in [4.78, 5) is 6.24. The van der Waals surface area contributed by atoms with E-state index in [1.165, 1.54) is 35.6 Å². The molecule has 0 spiro atoms. The lowest BCUT2D eigenvalue weighted by Crippen LogP contribution is -2.44. The molecule has 40 heavy (non-hydrogen) atoms. The van der Waals surface area contributed by atoms with Gasteiger partial charge in [-0.25, -0.2) is 12.6 Å². The van der Waals surface area contributed by atoms with Crippen molar-refractivity contribution in [3.05, 3.63) is 54.1 Å². The summed E-state index contributed by atoms with van der Waals surface area (Å²) in [5.74, 6) is 0.0532. The SMILES string of the molecule is Cc1cccc(OC(CCON=C(N)N)OS(=O)(=O)c2ccccc2S(=O)(=O)N(C)C2CCN(C)CC2)c1.Cl.Cl. The molecule has 3 rings (SSSR count). The van der Waals surface area contributed by atoms with Crippen LogP contribution in [0.3, 0.4) is 0 Å². The monoisotopic (exact) mass is 641 g/mol. The summed E-state index contributed by atoms with van der Waals surface area (Å²) >= 11 is 0. The van der Waals surface area contributed by atoms with E-state index in [4.69, 9.17) is 25.2 Å². The molecule has 226 valence electrons. The van der Waals surface area contributed by atoms with Gasteiger partial charge in [0, 0.05) is 19.5 Å². The molecule has 0 aromatic heterocycles. The lowest BCUT2D eigenvalue weighted by Gasteiger charge is -2.34. The quantitative estimate of drug-likeness (QED) is 0.0876. The highest BCUT2D eigenvalue weighted by Crippen LogP contribution is 2.29. The fraction of sp³-hybridized carbons (Fsp3) is 0.458. The number of ether oxygens (including phenoxy) is 1. The third-order valence-corrected chi connectivity index (χ3v) is 9.54. The molecule has 1 aliphatic heterocycles. The largest absolute Gasteiger partial charge is 0.464 e. The van der Waals surface area contributed by atoms with Gasteiger partial charge in [0.15, 0.2) is 0 Å². The maximum absolute atomic E-state index is 13.6. The number of guanidine groups is 1. The zero-order valence-corrected chi connectivity index (χ0v) is 25.8. The second-order valence-corrected chi connectivity index (χ2v) is 12.6. The van der Waals surface area contributed by atoms with Gasteiger partial charge in [0.25, 0.3) is 0 Å². The van der Waals surface area contributed by atoms with Gasteiger partial charge in [-0.3, -0.25) is 0 Å². The summed E-state index contributed by atoms with van der Waals surface area (Å²) in [7, 11) is -5.32. The molecule has 0 bridgehead atoms. The van der Waals surface area contributed by atoms with Crippen LogP contribution >= 0.6 is 24.8 Å². The molecule has 0 radical (unpaired) electrons. The van der Waals surface area contributed by atoms with Crippen LogP contribution in [-0.2, 0) is 29.2 Å². The summed E-state index contributed by atoms with van der Waals surface area (Å²) in [6.45, 7) is 3.20. The minimum atomic E-state index is -4.61. The molecule has 1 unspecified atom stereocenters. The number of nitrogens with two attached hydrogens (primary N) is 2. The number of likely N-dealkylation sites (tertiary alicyclic amines) is 1. The van der Waals surface area contributed by atoms with Crippen molar-refractivity contribution in [3.8, 4) is 5.75 Å². The van der Waals surface area contributed by atoms with E-state index < -0.39 is 31.3 Å². The number of hydrogen-bond donors (Lipinski definition) is 2. The van der Waals surface area contributed by atoms with E-state index in [9.17, 15) is 16.8 Å². The molecular weight excluding hydrogens is 605 g/mol. The number of hydrogen-bond acceptors (Lipinski definition) is 9. The number of oxime groups is 1. The fourth-order valence-corrected chi connectivity index (χ4v) is 7.20. The second-order valence-electron chi connectivity index (χ2n) is 9.05. The van der Waals surface area contributed by atoms with Crippen molar-refractivity contribution >= 4 is 50.9 Å². The van der Waals surface area contributed by atoms with Crippen LogP contribution in [0.5, 0.6) is 5.75 Å². The highest BCUT2D eigenvalue weighted by atomic mass is 35.5. The zero-order valence-electron chi connectivity index (χ0n) is 22.5. The number of sulfonamides is 1. The summed E-state index contributed by atoms with van der Waals surface area (Å²) < 4.78 is 66.5. The summed E-state index contributed by atoms with van der Waals surface area (Å²) in [6, 6.07) is 12.0. The Balaban J connectivity index is 0.00000400.